The molecule has 0 saturated carbocycles. The van der Waals surface area contributed by atoms with Crippen LogP contribution in [0, 0.1) is 12.7 Å². The van der Waals surface area contributed by atoms with Gasteiger partial charge in [0.25, 0.3) is 11.7 Å². The third-order valence-corrected chi connectivity index (χ3v) is 5.83. The average molecular weight is 425 g/mol. The number of aliphatic hydroxyl groups is 1. The second kappa shape index (κ2) is 9.88. The Hall–Kier alpha value is -2.99. The number of amides is 1. The molecule has 1 amide bonds. The molecule has 0 radical (unpaired) electrons. The molecule has 1 aliphatic rings. The molecule has 0 aliphatic carbocycles. The number of aliphatic hydroxyl groups excluding tert-OH is 1. The second-order valence-corrected chi connectivity index (χ2v) is 7.76. The SMILES string of the molecule is CCN(CC)CCCN1C(=O)C(=O)C(=C(O)c2ccc(C)cc2)C1c1ccccc1F. The first-order valence-corrected chi connectivity index (χ1v) is 10.7. The summed E-state index contributed by atoms with van der Waals surface area (Å²) in [4.78, 5) is 29.5. The predicted molar refractivity (Wildman–Crippen MR) is 119 cm³/mol. The van der Waals surface area contributed by atoms with Gasteiger partial charge in [-0.2, -0.15) is 0 Å². The highest BCUT2D eigenvalue weighted by Crippen LogP contribution is 2.40. The number of rotatable bonds is 8. The van der Waals surface area contributed by atoms with Crippen molar-refractivity contribution in [2.24, 2.45) is 0 Å². The lowest BCUT2D eigenvalue weighted by molar-refractivity contribution is -0.140. The summed E-state index contributed by atoms with van der Waals surface area (Å²) in [5, 5.41) is 11.0. The fourth-order valence-corrected chi connectivity index (χ4v) is 4.00. The van der Waals surface area contributed by atoms with Gasteiger partial charge >= 0.3 is 0 Å². The molecular weight excluding hydrogens is 395 g/mol. The normalized spacial score (nSPS) is 18.2. The summed E-state index contributed by atoms with van der Waals surface area (Å²) < 4.78 is 14.8. The number of aryl methyl sites for hydroxylation is 1. The van der Waals surface area contributed by atoms with E-state index in [4.69, 9.17) is 0 Å². The van der Waals surface area contributed by atoms with E-state index in [1.54, 1.807) is 30.3 Å². The summed E-state index contributed by atoms with van der Waals surface area (Å²) in [5.74, 6) is -2.29. The number of carbonyl (C=O) groups is 2. The quantitative estimate of drug-likeness (QED) is 0.390. The zero-order chi connectivity index (χ0) is 22.5. The highest BCUT2D eigenvalue weighted by molar-refractivity contribution is 6.46. The van der Waals surface area contributed by atoms with Crippen molar-refractivity contribution in [3.63, 3.8) is 0 Å². The first-order chi connectivity index (χ1) is 14.9. The van der Waals surface area contributed by atoms with E-state index in [2.05, 4.69) is 18.7 Å². The zero-order valence-electron chi connectivity index (χ0n) is 18.3. The molecule has 1 saturated heterocycles. The van der Waals surface area contributed by atoms with E-state index in [-0.39, 0.29) is 16.9 Å². The predicted octanol–water partition coefficient (Wildman–Crippen LogP) is 4.29. The number of Topliss-reactive ketones (excluding diaryl/α,β-unsaturated/α-hetero) is 1. The number of hydrogen-bond donors (Lipinski definition) is 1. The number of benzene rings is 2. The van der Waals surface area contributed by atoms with Crippen molar-refractivity contribution < 1.29 is 19.1 Å². The average Bonchev–Trinajstić information content (AvgIpc) is 3.02. The Kier molecular flexibility index (Phi) is 7.23. The Morgan fingerprint density at radius 2 is 1.71 bits per heavy atom. The zero-order valence-corrected chi connectivity index (χ0v) is 18.3. The van der Waals surface area contributed by atoms with Crippen LogP contribution in [-0.2, 0) is 9.59 Å². The van der Waals surface area contributed by atoms with Gasteiger partial charge in [-0.05, 0) is 39.0 Å². The Morgan fingerprint density at radius 1 is 1.06 bits per heavy atom. The van der Waals surface area contributed by atoms with Crippen molar-refractivity contribution >= 4 is 17.4 Å². The molecule has 6 heteroatoms. The fourth-order valence-electron chi connectivity index (χ4n) is 4.00. The van der Waals surface area contributed by atoms with E-state index in [0.717, 1.165) is 25.2 Å². The highest BCUT2D eigenvalue weighted by atomic mass is 19.1. The summed E-state index contributed by atoms with van der Waals surface area (Å²) in [5.41, 5.74) is 1.56. The standard InChI is InChI=1S/C25H29FN2O3/c1-4-27(5-2)15-8-16-28-22(19-9-6-7-10-20(19)26)21(24(30)25(28)31)23(29)18-13-11-17(3)12-14-18/h6-7,9-14,22,29H,4-5,8,15-16H2,1-3H3. The molecule has 1 heterocycles. The minimum Gasteiger partial charge on any atom is -0.507 e. The smallest absolute Gasteiger partial charge is 0.295 e. The Bertz CT molecular complexity index is 981. The maximum atomic E-state index is 14.8. The van der Waals surface area contributed by atoms with E-state index in [1.165, 1.54) is 11.0 Å². The van der Waals surface area contributed by atoms with Crippen molar-refractivity contribution in [3.8, 4) is 0 Å². The largest absolute Gasteiger partial charge is 0.507 e. The van der Waals surface area contributed by atoms with Gasteiger partial charge in [0.2, 0.25) is 0 Å². The number of hydrogen-bond acceptors (Lipinski definition) is 4. The summed E-state index contributed by atoms with van der Waals surface area (Å²) in [6.07, 6.45) is 0.643. The van der Waals surface area contributed by atoms with Crippen LogP contribution in [0.1, 0.15) is 43.0 Å². The van der Waals surface area contributed by atoms with Crippen LogP contribution in [0.25, 0.3) is 5.76 Å². The number of likely N-dealkylation sites (tertiary alicyclic amines) is 1. The monoisotopic (exact) mass is 424 g/mol. The van der Waals surface area contributed by atoms with Crippen molar-refractivity contribution in [1.29, 1.82) is 0 Å². The van der Waals surface area contributed by atoms with Gasteiger partial charge in [0.1, 0.15) is 11.6 Å². The first-order valence-electron chi connectivity index (χ1n) is 10.7. The molecule has 2 aromatic carbocycles. The van der Waals surface area contributed by atoms with Crippen LogP contribution in [0.3, 0.4) is 0 Å². The van der Waals surface area contributed by atoms with Gasteiger partial charge in [-0.25, -0.2) is 4.39 Å². The van der Waals surface area contributed by atoms with Crippen molar-refractivity contribution in [3.05, 3.63) is 76.6 Å². The van der Waals surface area contributed by atoms with Gasteiger partial charge in [0.05, 0.1) is 11.6 Å². The molecule has 1 fully saturated rings. The highest BCUT2D eigenvalue weighted by Gasteiger charge is 2.46. The Morgan fingerprint density at radius 3 is 2.32 bits per heavy atom. The fraction of sp³-hybridized carbons (Fsp3) is 0.360. The van der Waals surface area contributed by atoms with Gasteiger partial charge in [-0.15, -0.1) is 0 Å². The minimum atomic E-state index is -0.959. The van der Waals surface area contributed by atoms with Gasteiger partial charge in [0.15, 0.2) is 0 Å². The number of carbonyl (C=O) groups excluding carboxylic acids is 2. The molecule has 31 heavy (non-hydrogen) atoms. The van der Waals surface area contributed by atoms with Crippen LogP contribution >= 0.6 is 0 Å². The van der Waals surface area contributed by atoms with Crippen LogP contribution in [0.2, 0.25) is 0 Å². The molecular formula is C25H29FN2O3. The Labute approximate surface area is 182 Å². The van der Waals surface area contributed by atoms with Crippen LogP contribution < -0.4 is 0 Å². The topological polar surface area (TPSA) is 60.9 Å². The number of ketones is 1. The van der Waals surface area contributed by atoms with Crippen LogP contribution in [0.5, 0.6) is 0 Å². The number of nitrogens with zero attached hydrogens (tertiary/aromatic N) is 2. The molecule has 0 bridgehead atoms. The minimum absolute atomic E-state index is 0.0678. The molecule has 0 spiro atoms. The molecule has 164 valence electrons. The van der Waals surface area contributed by atoms with Crippen molar-refractivity contribution in [2.75, 3.05) is 26.2 Å². The Balaban J connectivity index is 2.04. The van der Waals surface area contributed by atoms with Gasteiger partial charge in [0, 0.05) is 17.7 Å². The van der Waals surface area contributed by atoms with E-state index in [1.807, 2.05) is 19.1 Å². The maximum absolute atomic E-state index is 14.8. The lowest BCUT2D eigenvalue weighted by Crippen LogP contribution is -2.33. The van der Waals surface area contributed by atoms with E-state index >= 15 is 0 Å². The molecule has 1 unspecified atom stereocenters. The van der Waals surface area contributed by atoms with Crippen LogP contribution in [-0.4, -0.2) is 52.8 Å². The van der Waals surface area contributed by atoms with Gasteiger partial charge in [-0.1, -0.05) is 61.9 Å². The van der Waals surface area contributed by atoms with E-state index in [0.29, 0.717) is 18.5 Å². The summed E-state index contributed by atoms with van der Waals surface area (Å²) in [6.45, 7) is 8.88. The number of halogens is 1. The van der Waals surface area contributed by atoms with Crippen LogP contribution in [0.15, 0.2) is 54.1 Å². The molecule has 1 N–H and O–H groups in total. The molecule has 1 atom stereocenters. The molecule has 0 aromatic heterocycles. The van der Waals surface area contributed by atoms with Gasteiger partial charge < -0.3 is 14.9 Å². The van der Waals surface area contributed by atoms with E-state index in [9.17, 15) is 19.1 Å². The summed E-state index contributed by atoms with van der Waals surface area (Å²) >= 11 is 0. The van der Waals surface area contributed by atoms with E-state index < -0.39 is 23.5 Å². The van der Waals surface area contributed by atoms with Gasteiger partial charge in [-0.3, -0.25) is 9.59 Å². The third kappa shape index (κ3) is 4.69. The lowest BCUT2D eigenvalue weighted by Gasteiger charge is -2.27. The molecule has 5 nitrogen and oxygen atoms in total. The van der Waals surface area contributed by atoms with Crippen molar-refractivity contribution in [1.82, 2.24) is 9.80 Å². The molecule has 1 aliphatic heterocycles. The third-order valence-electron chi connectivity index (χ3n) is 5.83. The van der Waals surface area contributed by atoms with Crippen LogP contribution in [0.4, 0.5) is 4.39 Å². The van der Waals surface area contributed by atoms with Crippen molar-refractivity contribution in [2.45, 2.75) is 33.2 Å². The second-order valence-electron chi connectivity index (χ2n) is 7.76. The lowest BCUT2D eigenvalue weighted by atomic mass is 9.94. The first kappa shape index (κ1) is 22.7. The maximum Gasteiger partial charge on any atom is 0.295 e. The molecule has 2 aromatic rings. The summed E-state index contributed by atoms with van der Waals surface area (Å²) in [7, 11) is 0. The summed E-state index contributed by atoms with van der Waals surface area (Å²) in [6, 6.07) is 12.1. The molecule has 3 rings (SSSR count).